The topological polar surface area (TPSA) is 79.4 Å². The Labute approximate surface area is 121 Å². The van der Waals surface area contributed by atoms with Gasteiger partial charge >= 0.3 is 0 Å². The molecule has 0 aliphatic heterocycles. The molecule has 1 aromatic heterocycles. The van der Waals surface area contributed by atoms with E-state index in [1.807, 2.05) is 31.2 Å². The van der Waals surface area contributed by atoms with Gasteiger partial charge in [0.1, 0.15) is 17.1 Å². The van der Waals surface area contributed by atoms with Crippen molar-refractivity contribution in [2.24, 2.45) is 0 Å². The number of phenols is 2. The molecule has 0 unspecified atom stereocenters. The molecule has 2 aromatic carbocycles. The number of benzene rings is 2. The number of aryl methyl sites for hydroxylation is 1. The summed E-state index contributed by atoms with van der Waals surface area (Å²) in [6.45, 7) is 2.02. The maximum absolute atomic E-state index is 9.80. The minimum absolute atomic E-state index is 0.0962. The molecule has 21 heavy (non-hydrogen) atoms. The van der Waals surface area contributed by atoms with E-state index < -0.39 is 0 Å². The molecule has 0 saturated heterocycles. The molecule has 0 aliphatic rings. The van der Waals surface area contributed by atoms with Crippen molar-refractivity contribution in [3.8, 4) is 23.0 Å². The van der Waals surface area contributed by atoms with E-state index in [2.05, 4.69) is 10.1 Å². The van der Waals surface area contributed by atoms with Crippen molar-refractivity contribution < 1.29 is 14.7 Å². The second kappa shape index (κ2) is 5.28. The summed E-state index contributed by atoms with van der Waals surface area (Å²) in [5.74, 6) is 0.415. The van der Waals surface area contributed by atoms with E-state index in [1.165, 1.54) is 12.1 Å². The summed E-state index contributed by atoms with van der Waals surface area (Å²) in [7, 11) is 0. The highest BCUT2D eigenvalue weighted by molar-refractivity contribution is 5.69. The third-order valence-corrected chi connectivity index (χ3v) is 3.31. The number of aromatic hydroxyl groups is 2. The Morgan fingerprint density at radius 3 is 2.43 bits per heavy atom. The first-order valence-electron chi connectivity index (χ1n) is 6.53. The van der Waals surface area contributed by atoms with Crippen molar-refractivity contribution in [2.45, 2.75) is 13.3 Å². The van der Waals surface area contributed by atoms with Crippen LogP contribution in [0, 0.1) is 6.92 Å². The van der Waals surface area contributed by atoms with Crippen LogP contribution in [-0.2, 0) is 6.42 Å². The van der Waals surface area contributed by atoms with Gasteiger partial charge in [-0.3, -0.25) is 0 Å². The van der Waals surface area contributed by atoms with Crippen LogP contribution in [0.4, 0.5) is 0 Å². The largest absolute Gasteiger partial charge is 0.507 e. The van der Waals surface area contributed by atoms with Crippen LogP contribution in [0.1, 0.15) is 17.0 Å². The number of hydrogen-bond acceptors (Lipinski definition) is 5. The predicted molar refractivity (Wildman–Crippen MR) is 77.0 cm³/mol. The SMILES string of the molecule is Cc1ccccc1Cc1noc(-c2c(O)cccc2O)n1. The van der Waals surface area contributed by atoms with Gasteiger partial charge in [-0.1, -0.05) is 35.5 Å². The highest BCUT2D eigenvalue weighted by atomic mass is 16.5. The molecule has 0 amide bonds. The Morgan fingerprint density at radius 2 is 1.71 bits per heavy atom. The van der Waals surface area contributed by atoms with Gasteiger partial charge in [0.2, 0.25) is 0 Å². The molecular weight excluding hydrogens is 268 g/mol. The zero-order valence-corrected chi connectivity index (χ0v) is 11.4. The number of rotatable bonds is 3. The molecule has 5 nitrogen and oxygen atoms in total. The van der Waals surface area contributed by atoms with E-state index in [4.69, 9.17) is 4.52 Å². The van der Waals surface area contributed by atoms with Gasteiger partial charge < -0.3 is 14.7 Å². The molecule has 0 fully saturated rings. The van der Waals surface area contributed by atoms with Gasteiger partial charge in [-0.15, -0.1) is 0 Å². The normalized spacial score (nSPS) is 10.7. The number of aromatic nitrogens is 2. The second-order valence-electron chi connectivity index (χ2n) is 4.79. The number of hydrogen-bond donors (Lipinski definition) is 2. The van der Waals surface area contributed by atoms with Crippen LogP contribution < -0.4 is 0 Å². The minimum Gasteiger partial charge on any atom is -0.507 e. The molecule has 0 atom stereocenters. The van der Waals surface area contributed by atoms with Crippen LogP contribution in [0.15, 0.2) is 47.0 Å². The van der Waals surface area contributed by atoms with Crippen LogP contribution in [0.5, 0.6) is 11.5 Å². The van der Waals surface area contributed by atoms with Gasteiger partial charge in [0.25, 0.3) is 5.89 Å². The van der Waals surface area contributed by atoms with Gasteiger partial charge in [0.15, 0.2) is 5.82 Å². The standard InChI is InChI=1S/C16H14N2O3/c1-10-5-2-3-6-11(10)9-14-17-16(21-18-14)15-12(19)7-4-8-13(15)20/h2-8,19-20H,9H2,1H3. The molecule has 2 N–H and O–H groups in total. The van der Waals surface area contributed by atoms with Crippen LogP contribution in [0.3, 0.4) is 0 Å². The van der Waals surface area contributed by atoms with Crippen molar-refractivity contribution in [2.75, 3.05) is 0 Å². The number of nitrogens with zero attached hydrogens (tertiary/aromatic N) is 2. The first-order chi connectivity index (χ1) is 10.1. The highest BCUT2D eigenvalue weighted by Gasteiger charge is 2.17. The fourth-order valence-electron chi connectivity index (χ4n) is 2.15. The molecule has 1 heterocycles. The molecule has 106 valence electrons. The fourth-order valence-corrected chi connectivity index (χ4v) is 2.15. The first-order valence-corrected chi connectivity index (χ1v) is 6.53. The Morgan fingerprint density at radius 1 is 1.00 bits per heavy atom. The summed E-state index contributed by atoms with van der Waals surface area (Å²) in [6.07, 6.45) is 0.532. The molecule has 0 saturated carbocycles. The molecule has 0 bridgehead atoms. The van der Waals surface area contributed by atoms with Crippen molar-refractivity contribution in [1.82, 2.24) is 10.1 Å². The summed E-state index contributed by atoms with van der Waals surface area (Å²) in [4.78, 5) is 4.24. The van der Waals surface area contributed by atoms with Gasteiger partial charge in [0, 0.05) is 6.42 Å². The maximum Gasteiger partial charge on any atom is 0.265 e. The van der Waals surface area contributed by atoms with Crippen molar-refractivity contribution >= 4 is 0 Å². The lowest BCUT2D eigenvalue weighted by Gasteiger charge is -2.02. The Hall–Kier alpha value is -2.82. The smallest absolute Gasteiger partial charge is 0.265 e. The second-order valence-corrected chi connectivity index (χ2v) is 4.79. The van der Waals surface area contributed by atoms with Crippen LogP contribution in [0.2, 0.25) is 0 Å². The lowest BCUT2D eigenvalue weighted by molar-refractivity contribution is 0.410. The van der Waals surface area contributed by atoms with E-state index in [1.54, 1.807) is 6.07 Å². The molecule has 3 rings (SSSR count). The van der Waals surface area contributed by atoms with Crippen molar-refractivity contribution in [3.05, 3.63) is 59.4 Å². The maximum atomic E-state index is 9.80. The average molecular weight is 282 g/mol. The summed E-state index contributed by atoms with van der Waals surface area (Å²) in [6, 6.07) is 12.4. The zero-order chi connectivity index (χ0) is 14.8. The summed E-state index contributed by atoms with van der Waals surface area (Å²) < 4.78 is 5.14. The van der Waals surface area contributed by atoms with E-state index in [9.17, 15) is 10.2 Å². The summed E-state index contributed by atoms with van der Waals surface area (Å²) in [5, 5.41) is 23.5. The van der Waals surface area contributed by atoms with Gasteiger partial charge in [-0.25, -0.2) is 0 Å². The van der Waals surface area contributed by atoms with Gasteiger partial charge in [0.05, 0.1) is 0 Å². The van der Waals surface area contributed by atoms with Gasteiger partial charge in [-0.05, 0) is 30.2 Å². The molecule has 3 aromatic rings. The third kappa shape index (κ3) is 2.58. The molecule has 0 radical (unpaired) electrons. The van der Waals surface area contributed by atoms with Gasteiger partial charge in [-0.2, -0.15) is 4.98 Å². The van der Waals surface area contributed by atoms with E-state index >= 15 is 0 Å². The van der Waals surface area contributed by atoms with E-state index in [-0.39, 0.29) is 23.0 Å². The lowest BCUT2D eigenvalue weighted by Crippen LogP contribution is -1.93. The number of phenolic OH excluding ortho intramolecular Hbond substituents is 2. The fraction of sp³-hybridized carbons (Fsp3) is 0.125. The molecule has 0 aliphatic carbocycles. The van der Waals surface area contributed by atoms with E-state index in [0.29, 0.717) is 12.2 Å². The molecule has 0 spiro atoms. The predicted octanol–water partition coefficient (Wildman–Crippen LogP) is 3.05. The van der Waals surface area contributed by atoms with Crippen molar-refractivity contribution in [1.29, 1.82) is 0 Å². The Kier molecular flexibility index (Phi) is 3.31. The summed E-state index contributed by atoms with van der Waals surface area (Å²) >= 11 is 0. The monoisotopic (exact) mass is 282 g/mol. The minimum atomic E-state index is -0.0962. The Bertz CT molecular complexity index is 760. The van der Waals surface area contributed by atoms with E-state index in [0.717, 1.165) is 11.1 Å². The third-order valence-electron chi connectivity index (χ3n) is 3.31. The Balaban J connectivity index is 1.92. The quantitative estimate of drug-likeness (QED) is 0.771. The zero-order valence-electron chi connectivity index (χ0n) is 11.4. The summed E-state index contributed by atoms with van der Waals surface area (Å²) in [5.41, 5.74) is 2.40. The highest BCUT2D eigenvalue weighted by Crippen LogP contribution is 2.35. The van der Waals surface area contributed by atoms with Crippen molar-refractivity contribution in [3.63, 3.8) is 0 Å². The van der Waals surface area contributed by atoms with Crippen LogP contribution >= 0.6 is 0 Å². The van der Waals surface area contributed by atoms with Crippen LogP contribution in [0.25, 0.3) is 11.5 Å². The lowest BCUT2D eigenvalue weighted by atomic mass is 10.1. The van der Waals surface area contributed by atoms with Crippen LogP contribution in [-0.4, -0.2) is 20.4 Å². The average Bonchev–Trinajstić information content (AvgIpc) is 2.89. The molecular formula is C16H14N2O3. The molecule has 5 heteroatoms. The first kappa shape index (κ1) is 13.2.